The van der Waals surface area contributed by atoms with E-state index < -0.39 is 23.4 Å². The first kappa shape index (κ1) is 26.3. The Hall–Kier alpha value is -1.72. The Kier molecular flexibility index (Phi) is 8.82. The summed E-state index contributed by atoms with van der Waals surface area (Å²) in [5.41, 5.74) is -3.63. The molecule has 0 bridgehead atoms. The molecule has 8 heteroatoms. The molecule has 0 aromatic heterocycles. The third-order valence-corrected chi connectivity index (χ3v) is 5.00. The van der Waals surface area contributed by atoms with Gasteiger partial charge in [-0.2, -0.15) is 26.3 Å². The van der Waals surface area contributed by atoms with Crippen molar-refractivity contribution in [2.45, 2.75) is 82.9 Å². The highest BCUT2D eigenvalue weighted by Crippen LogP contribution is 2.42. The second-order valence-electron chi connectivity index (χ2n) is 8.36. The van der Waals surface area contributed by atoms with Crippen molar-refractivity contribution >= 4 is 0 Å². The lowest BCUT2D eigenvalue weighted by Crippen LogP contribution is -2.55. The molecule has 0 aromatic rings. The summed E-state index contributed by atoms with van der Waals surface area (Å²) in [6.07, 6.45) is -2.86. The third-order valence-electron chi connectivity index (χ3n) is 5.00. The highest BCUT2D eigenvalue weighted by Gasteiger charge is 2.70. The fourth-order valence-electron chi connectivity index (χ4n) is 2.97. The minimum Gasteiger partial charge on any atom is -0.393 e. The number of unbranched alkanes of at least 4 members (excludes halogenated alkanes) is 1. The summed E-state index contributed by atoms with van der Waals surface area (Å²) in [4.78, 5) is 0. The lowest BCUT2D eigenvalue weighted by molar-refractivity contribution is -0.343. The van der Waals surface area contributed by atoms with Crippen molar-refractivity contribution in [3.8, 4) is 11.8 Å². The van der Waals surface area contributed by atoms with Crippen molar-refractivity contribution in [2.24, 2.45) is 5.41 Å². The summed E-state index contributed by atoms with van der Waals surface area (Å²) in [6, 6.07) is 0. The molecule has 0 radical (unpaired) electrons. The van der Waals surface area contributed by atoms with Crippen molar-refractivity contribution in [3.05, 3.63) is 36.0 Å². The van der Waals surface area contributed by atoms with Gasteiger partial charge in [-0.25, -0.2) is 0 Å². The van der Waals surface area contributed by atoms with Crippen LogP contribution in [0.3, 0.4) is 0 Å². The molecular weight excluding hydrogens is 410 g/mol. The number of rotatable bonds is 6. The van der Waals surface area contributed by atoms with Gasteiger partial charge in [-0.05, 0) is 55.4 Å². The van der Waals surface area contributed by atoms with E-state index in [1.54, 1.807) is 13.8 Å². The molecule has 1 saturated carbocycles. The van der Waals surface area contributed by atoms with Crippen LogP contribution >= 0.6 is 0 Å². The highest BCUT2D eigenvalue weighted by molar-refractivity contribution is 5.34. The molecule has 0 aromatic carbocycles. The third kappa shape index (κ3) is 7.51. The van der Waals surface area contributed by atoms with Crippen LogP contribution < -0.4 is 0 Å². The molecule has 1 atom stereocenters. The molecule has 0 amide bonds. The average Bonchev–Trinajstić information content (AvgIpc) is 2.58. The topological polar surface area (TPSA) is 40.5 Å². The van der Waals surface area contributed by atoms with Gasteiger partial charge in [-0.1, -0.05) is 50.1 Å². The fourth-order valence-corrected chi connectivity index (χ4v) is 2.97. The quantitative estimate of drug-likeness (QED) is 0.303. The number of alkyl halides is 6. The number of halogens is 6. The van der Waals surface area contributed by atoms with E-state index in [0.717, 1.165) is 23.5 Å². The lowest BCUT2D eigenvalue weighted by Gasteiger charge is -2.27. The molecule has 0 saturated heterocycles. The van der Waals surface area contributed by atoms with Crippen molar-refractivity contribution < 1.29 is 36.6 Å². The van der Waals surface area contributed by atoms with Crippen LogP contribution in [0.4, 0.5) is 26.3 Å². The Morgan fingerprint density at radius 2 is 1.73 bits per heavy atom. The first-order valence-corrected chi connectivity index (χ1v) is 9.67. The summed E-state index contributed by atoms with van der Waals surface area (Å²) in [6.45, 7) is 7.36. The fraction of sp³-hybridized carbons (Fsp3) is 0.636. The first-order valence-electron chi connectivity index (χ1n) is 9.67. The zero-order chi connectivity index (χ0) is 23.2. The minimum absolute atomic E-state index is 0.215. The van der Waals surface area contributed by atoms with Crippen LogP contribution in [-0.2, 0) is 0 Å². The molecule has 1 aliphatic carbocycles. The van der Waals surface area contributed by atoms with E-state index in [9.17, 15) is 31.4 Å². The molecular formula is C22H28F6O2. The highest BCUT2D eigenvalue weighted by atomic mass is 19.4. The Morgan fingerprint density at radius 1 is 1.13 bits per heavy atom. The maximum atomic E-state index is 12.6. The SMILES string of the molecule is C=C1CC[C@H](O)C/C1=C/C=C/CCCC(C)(C)CC#CC(O)(C(F)(F)F)C(F)(F)F. The van der Waals surface area contributed by atoms with Gasteiger partial charge in [0.25, 0.3) is 0 Å². The maximum Gasteiger partial charge on any atom is 0.438 e. The summed E-state index contributed by atoms with van der Waals surface area (Å²) in [5.74, 6) is 2.87. The zero-order valence-electron chi connectivity index (χ0n) is 17.1. The normalized spacial score (nSPS) is 20.5. The Labute approximate surface area is 173 Å². The van der Waals surface area contributed by atoms with Crippen molar-refractivity contribution in [1.29, 1.82) is 0 Å². The summed E-state index contributed by atoms with van der Waals surface area (Å²) < 4.78 is 75.7. The Balaban J connectivity index is 2.57. The maximum absolute atomic E-state index is 12.6. The molecule has 0 spiro atoms. The predicted octanol–water partition coefficient (Wildman–Crippen LogP) is 6.02. The van der Waals surface area contributed by atoms with Crippen LogP contribution in [0.15, 0.2) is 36.0 Å². The summed E-state index contributed by atoms with van der Waals surface area (Å²) in [7, 11) is 0. The predicted molar refractivity (Wildman–Crippen MR) is 103 cm³/mol. The molecule has 0 heterocycles. The minimum atomic E-state index is -5.93. The summed E-state index contributed by atoms with van der Waals surface area (Å²) in [5, 5.41) is 18.7. The standard InChI is InChI=1S/C22H28F6O2/c1-16-10-11-18(29)15-17(16)9-6-4-5-7-12-19(2,3)13-8-14-20(30,21(23,24)25)22(26,27)28/h4,6,9,18,29-30H,1,5,7,10-13,15H2,2-3H3/b6-4+,17-9-/t18-/m0/s1. The molecule has 170 valence electrons. The van der Waals surface area contributed by atoms with Crippen LogP contribution in [0, 0.1) is 17.3 Å². The van der Waals surface area contributed by atoms with Crippen molar-refractivity contribution in [2.75, 3.05) is 0 Å². The first-order chi connectivity index (χ1) is 13.6. The molecule has 30 heavy (non-hydrogen) atoms. The van der Waals surface area contributed by atoms with Crippen LogP contribution in [0.1, 0.15) is 58.8 Å². The molecule has 1 aliphatic rings. The number of aliphatic hydroxyl groups is 2. The second kappa shape index (κ2) is 10.1. The van der Waals surface area contributed by atoms with Gasteiger partial charge < -0.3 is 10.2 Å². The molecule has 0 unspecified atom stereocenters. The number of allylic oxidation sites excluding steroid dienone is 4. The average molecular weight is 438 g/mol. The van der Waals surface area contributed by atoms with E-state index in [-0.39, 0.29) is 12.5 Å². The zero-order valence-corrected chi connectivity index (χ0v) is 17.1. The van der Waals surface area contributed by atoms with Crippen LogP contribution in [-0.4, -0.2) is 34.3 Å². The Morgan fingerprint density at radius 3 is 2.30 bits per heavy atom. The summed E-state index contributed by atoms with van der Waals surface area (Å²) >= 11 is 0. The van der Waals surface area contributed by atoms with Gasteiger partial charge in [0.1, 0.15) is 0 Å². The monoisotopic (exact) mass is 438 g/mol. The Bertz CT molecular complexity index is 703. The molecule has 2 N–H and O–H groups in total. The molecule has 2 nitrogen and oxygen atoms in total. The molecule has 1 fully saturated rings. The number of aliphatic hydroxyl groups excluding tert-OH is 1. The smallest absolute Gasteiger partial charge is 0.393 e. The van der Waals surface area contributed by atoms with Crippen molar-refractivity contribution in [1.82, 2.24) is 0 Å². The van der Waals surface area contributed by atoms with E-state index >= 15 is 0 Å². The van der Waals surface area contributed by atoms with Crippen LogP contribution in [0.5, 0.6) is 0 Å². The van der Waals surface area contributed by atoms with Gasteiger partial charge in [-0.15, -0.1) is 0 Å². The van der Waals surface area contributed by atoms with E-state index in [0.29, 0.717) is 32.1 Å². The molecule has 0 aliphatic heterocycles. The molecule has 1 rings (SSSR count). The van der Waals surface area contributed by atoms with E-state index in [4.69, 9.17) is 5.11 Å². The van der Waals surface area contributed by atoms with Crippen LogP contribution in [0.25, 0.3) is 0 Å². The van der Waals surface area contributed by atoms with Gasteiger partial charge >= 0.3 is 18.0 Å². The second-order valence-corrected chi connectivity index (χ2v) is 8.36. The van der Waals surface area contributed by atoms with Gasteiger partial charge in [0, 0.05) is 6.42 Å². The largest absolute Gasteiger partial charge is 0.438 e. The van der Waals surface area contributed by atoms with E-state index in [1.165, 1.54) is 0 Å². The van der Waals surface area contributed by atoms with E-state index in [2.05, 4.69) is 6.58 Å². The van der Waals surface area contributed by atoms with Gasteiger partial charge in [0.15, 0.2) is 0 Å². The number of hydrogen-bond donors (Lipinski definition) is 2. The van der Waals surface area contributed by atoms with Crippen LogP contribution in [0.2, 0.25) is 0 Å². The van der Waals surface area contributed by atoms with Gasteiger partial charge in [0.05, 0.1) is 6.10 Å². The lowest BCUT2D eigenvalue weighted by atomic mass is 9.84. The van der Waals surface area contributed by atoms with E-state index in [1.807, 2.05) is 24.1 Å². The van der Waals surface area contributed by atoms with Crippen molar-refractivity contribution in [3.63, 3.8) is 0 Å². The number of hydrogen-bond acceptors (Lipinski definition) is 2. The van der Waals surface area contributed by atoms with Gasteiger partial charge in [-0.3, -0.25) is 0 Å². The van der Waals surface area contributed by atoms with Gasteiger partial charge in [0.2, 0.25) is 0 Å².